The van der Waals surface area contributed by atoms with Crippen LogP contribution in [0.15, 0.2) is 30.5 Å². The lowest BCUT2D eigenvalue weighted by Gasteiger charge is -2.28. The maximum absolute atomic E-state index is 9.35. The van der Waals surface area contributed by atoms with Crippen LogP contribution < -0.4 is 10.6 Å². The topological polar surface area (TPSA) is 62.4 Å². The highest BCUT2D eigenvalue weighted by molar-refractivity contribution is 7.80. The summed E-state index contributed by atoms with van der Waals surface area (Å²) < 4.78 is 0. The third kappa shape index (κ3) is 2.52. The first-order chi connectivity index (χ1) is 9.06. The van der Waals surface area contributed by atoms with Crippen molar-refractivity contribution in [2.75, 3.05) is 18.6 Å². The highest BCUT2D eigenvalue weighted by Gasteiger charge is 2.18. The molecule has 0 saturated carbocycles. The molecule has 1 unspecified atom stereocenters. The number of thiocarbonyl (C=S) groups is 1. The van der Waals surface area contributed by atoms with Gasteiger partial charge in [-0.15, -0.1) is 0 Å². The van der Waals surface area contributed by atoms with Crippen molar-refractivity contribution in [3.8, 4) is 0 Å². The molecule has 0 amide bonds. The molecule has 5 heteroatoms. The number of aliphatic hydroxyl groups is 1. The molecule has 1 aromatic heterocycles. The smallest absolute Gasteiger partial charge is 0.107 e. The zero-order valence-electron chi connectivity index (χ0n) is 11.0. The molecular formula is C14H17N3OS. The number of aliphatic hydroxyl groups excluding tert-OH is 1. The third-order valence-electron chi connectivity index (χ3n) is 3.29. The fourth-order valence-electron chi connectivity index (χ4n) is 2.03. The Morgan fingerprint density at radius 2 is 2.16 bits per heavy atom. The molecule has 4 nitrogen and oxygen atoms in total. The first-order valence-corrected chi connectivity index (χ1v) is 6.48. The molecule has 0 bridgehead atoms. The normalized spacial score (nSPS) is 12.4. The zero-order valence-corrected chi connectivity index (χ0v) is 11.8. The first-order valence-electron chi connectivity index (χ1n) is 6.07. The maximum atomic E-state index is 9.35. The molecule has 0 radical (unpaired) electrons. The second-order valence-corrected chi connectivity index (χ2v) is 4.98. The molecule has 0 aliphatic heterocycles. The molecule has 2 rings (SSSR count). The Kier molecular flexibility index (Phi) is 3.97. The van der Waals surface area contributed by atoms with Crippen molar-refractivity contribution in [1.82, 2.24) is 4.98 Å². The van der Waals surface area contributed by atoms with E-state index < -0.39 is 0 Å². The monoisotopic (exact) mass is 275 g/mol. The van der Waals surface area contributed by atoms with E-state index in [1.165, 1.54) is 0 Å². The van der Waals surface area contributed by atoms with E-state index in [4.69, 9.17) is 18.0 Å². The summed E-state index contributed by atoms with van der Waals surface area (Å²) in [6.45, 7) is 2.00. The SMILES string of the molecule is CC(CO)N(C)c1c(C(N)=S)cnc2ccccc12. The van der Waals surface area contributed by atoms with Crippen LogP contribution in [0.1, 0.15) is 12.5 Å². The Balaban J connectivity index is 2.72. The molecular weight excluding hydrogens is 258 g/mol. The summed E-state index contributed by atoms with van der Waals surface area (Å²) in [7, 11) is 1.92. The Labute approximate surface area is 117 Å². The Morgan fingerprint density at radius 1 is 1.47 bits per heavy atom. The minimum atomic E-state index is -0.0288. The second-order valence-electron chi connectivity index (χ2n) is 4.54. The molecule has 2 aromatic rings. The van der Waals surface area contributed by atoms with Gasteiger partial charge in [0.15, 0.2) is 0 Å². The number of likely N-dealkylation sites (N-methyl/N-ethyl adjacent to an activating group) is 1. The molecule has 0 spiro atoms. The lowest BCUT2D eigenvalue weighted by molar-refractivity contribution is 0.270. The number of hydrogen-bond acceptors (Lipinski definition) is 4. The molecule has 19 heavy (non-hydrogen) atoms. The van der Waals surface area contributed by atoms with Gasteiger partial charge in [0.05, 0.1) is 23.4 Å². The van der Waals surface area contributed by atoms with Gasteiger partial charge in [-0.1, -0.05) is 30.4 Å². The highest BCUT2D eigenvalue weighted by Crippen LogP contribution is 2.29. The van der Waals surface area contributed by atoms with Gasteiger partial charge in [-0.2, -0.15) is 0 Å². The van der Waals surface area contributed by atoms with Crippen molar-refractivity contribution in [3.63, 3.8) is 0 Å². The summed E-state index contributed by atoms with van der Waals surface area (Å²) in [4.78, 5) is 6.67. The number of nitrogens with two attached hydrogens (primary N) is 1. The van der Waals surface area contributed by atoms with E-state index >= 15 is 0 Å². The van der Waals surface area contributed by atoms with Gasteiger partial charge in [-0.05, 0) is 13.0 Å². The molecule has 0 aliphatic carbocycles. The van der Waals surface area contributed by atoms with E-state index in [0.29, 0.717) is 4.99 Å². The predicted molar refractivity (Wildman–Crippen MR) is 82.6 cm³/mol. The van der Waals surface area contributed by atoms with E-state index in [-0.39, 0.29) is 12.6 Å². The van der Waals surface area contributed by atoms with E-state index in [2.05, 4.69) is 4.98 Å². The number of rotatable bonds is 4. The summed E-state index contributed by atoms with van der Waals surface area (Å²) in [6.07, 6.45) is 1.70. The van der Waals surface area contributed by atoms with Gasteiger partial charge in [0.1, 0.15) is 4.99 Å². The van der Waals surface area contributed by atoms with E-state index in [9.17, 15) is 5.11 Å². The maximum Gasteiger partial charge on any atom is 0.107 e. The van der Waals surface area contributed by atoms with Crippen molar-refractivity contribution in [3.05, 3.63) is 36.0 Å². The Hall–Kier alpha value is -1.72. The van der Waals surface area contributed by atoms with E-state index in [0.717, 1.165) is 22.2 Å². The Bertz CT molecular complexity index is 615. The van der Waals surface area contributed by atoms with Gasteiger partial charge in [0.25, 0.3) is 0 Å². The lowest BCUT2D eigenvalue weighted by Crippen LogP contribution is -2.33. The number of aromatic nitrogens is 1. The van der Waals surface area contributed by atoms with Crippen LogP contribution in [0.4, 0.5) is 5.69 Å². The van der Waals surface area contributed by atoms with Crippen molar-refractivity contribution >= 4 is 33.8 Å². The van der Waals surface area contributed by atoms with Crippen LogP contribution in [-0.2, 0) is 0 Å². The summed E-state index contributed by atoms with van der Waals surface area (Å²) >= 11 is 5.10. The summed E-state index contributed by atoms with van der Waals surface area (Å²) in [6, 6.07) is 7.79. The quantitative estimate of drug-likeness (QED) is 0.831. The van der Waals surface area contributed by atoms with Crippen molar-refractivity contribution < 1.29 is 5.11 Å². The lowest BCUT2D eigenvalue weighted by atomic mass is 10.1. The zero-order chi connectivity index (χ0) is 14.0. The van der Waals surface area contributed by atoms with Crippen LogP contribution in [0.2, 0.25) is 0 Å². The van der Waals surface area contributed by atoms with Gasteiger partial charge < -0.3 is 15.7 Å². The van der Waals surface area contributed by atoms with Crippen LogP contribution in [-0.4, -0.2) is 34.8 Å². The number of para-hydroxylation sites is 1. The number of benzene rings is 1. The molecule has 100 valence electrons. The van der Waals surface area contributed by atoms with Crippen LogP contribution in [0.3, 0.4) is 0 Å². The summed E-state index contributed by atoms with van der Waals surface area (Å²) in [5.41, 5.74) is 8.32. The van der Waals surface area contributed by atoms with Gasteiger partial charge in [-0.3, -0.25) is 4.98 Å². The Morgan fingerprint density at radius 3 is 2.79 bits per heavy atom. The summed E-state index contributed by atoms with van der Waals surface area (Å²) in [5, 5.41) is 10.3. The van der Waals surface area contributed by atoms with Crippen molar-refractivity contribution in [2.24, 2.45) is 5.73 Å². The summed E-state index contributed by atoms with van der Waals surface area (Å²) in [5.74, 6) is 0. The van der Waals surface area contributed by atoms with Crippen LogP contribution >= 0.6 is 12.2 Å². The van der Waals surface area contributed by atoms with Crippen LogP contribution in [0.5, 0.6) is 0 Å². The van der Waals surface area contributed by atoms with Crippen molar-refractivity contribution in [1.29, 1.82) is 0 Å². The fourth-order valence-corrected chi connectivity index (χ4v) is 2.18. The van der Waals surface area contributed by atoms with E-state index in [1.54, 1.807) is 6.20 Å². The van der Waals surface area contributed by atoms with Gasteiger partial charge in [0.2, 0.25) is 0 Å². The number of anilines is 1. The van der Waals surface area contributed by atoms with Crippen LogP contribution in [0.25, 0.3) is 10.9 Å². The van der Waals surface area contributed by atoms with Gasteiger partial charge in [0, 0.05) is 24.7 Å². The molecule has 0 saturated heterocycles. The predicted octanol–water partition coefficient (Wildman–Crippen LogP) is 1.69. The average molecular weight is 275 g/mol. The minimum absolute atomic E-state index is 0.0288. The minimum Gasteiger partial charge on any atom is -0.394 e. The van der Waals surface area contributed by atoms with Crippen LogP contribution in [0, 0.1) is 0 Å². The molecule has 1 atom stereocenters. The van der Waals surface area contributed by atoms with Gasteiger partial charge in [-0.25, -0.2) is 0 Å². The first kappa shape index (κ1) is 13.7. The highest BCUT2D eigenvalue weighted by atomic mass is 32.1. The largest absolute Gasteiger partial charge is 0.394 e. The fraction of sp³-hybridized carbons (Fsp3) is 0.286. The number of pyridine rings is 1. The molecule has 3 N–H and O–H groups in total. The number of hydrogen-bond donors (Lipinski definition) is 2. The third-order valence-corrected chi connectivity index (χ3v) is 3.51. The van der Waals surface area contributed by atoms with Crippen molar-refractivity contribution in [2.45, 2.75) is 13.0 Å². The second kappa shape index (κ2) is 5.50. The number of nitrogens with zero attached hydrogens (tertiary/aromatic N) is 2. The number of fused-ring (bicyclic) bond motifs is 1. The molecule has 0 aliphatic rings. The standard InChI is InChI=1S/C14H17N3OS/c1-9(8-18)17(2)13-10-5-3-4-6-12(10)16-7-11(13)14(15)19/h3-7,9,18H,8H2,1-2H3,(H2,15,19). The van der Waals surface area contributed by atoms with Gasteiger partial charge >= 0.3 is 0 Å². The average Bonchev–Trinajstić information content (AvgIpc) is 2.44. The molecule has 1 aromatic carbocycles. The molecule has 0 fully saturated rings. The van der Waals surface area contributed by atoms with E-state index in [1.807, 2.05) is 43.1 Å². The molecule has 1 heterocycles.